The standard InChI is InChI=1S/C12H12FN3O2S2/c1-19-7-11-15-16-12(18-11)20-6-10(17)14-9-4-2-8(13)3-5-9/h2-5H,6-7H2,1H3,(H,14,17). The van der Waals surface area contributed by atoms with E-state index in [1.807, 2.05) is 6.26 Å². The van der Waals surface area contributed by atoms with Crippen molar-refractivity contribution in [3.63, 3.8) is 0 Å². The third-order valence-electron chi connectivity index (χ3n) is 2.17. The van der Waals surface area contributed by atoms with E-state index in [0.29, 0.717) is 22.6 Å². The van der Waals surface area contributed by atoms with E-state index >= 15 is 0 Å². The van der Waals surface area contributed by atoms with Crippen LogP contribution in [-0.4, -0.2) is 28.1 Å². The van der Waals surface area contributed by atoms with Crippen LogP contribution in [0.1, 0.15) is 5.89 Å². The van der Waals surface area contributed by atoms with Crippen molar-refractivity contribution in [2.24, 2.45) is 0 Å². The predicted molar refractivity (Wildman–Crippen MR) is 77.3 cm³/mol. The highest BCUT2D eigenvalue weighted by molar-refractivity contribution is 7.99. The van der Waals surface area contributed by atoms with Gasteiger partial charge in [-0.3, -0.25) is 4.79 Å². The third kappa shape index (κ3) is 4.53. The lowest BCUT2D eigenvalue weighted by atomic mass is 10.3. The number of amides is 1. The molecule has 0 spiro atoms. The number of thioether (sulfide) groups is 2. The Hall–Kier alpha value is -1.54. The van der Waals surface area contributed by atoms with E-state index in [9.17, 15) is 9.18 Å². The number of aromatic nitrogens is 2. The first kappa shape index (κ1) is 14.9. The lowest BCUT2D eigenvalue weighted by molar-refractivity contribution is -0.113. The van der Waals surface area contributed by atoms with Crippen molar-refractivity contribution >= 4 is 35.1 Å². The zero-order valence-corrected chi connectivity index (χ0v) is 12.3. The van der Waals surface area contributed by atoms with Crippen molar-refractivity contribution in [3.05, 3.63) is 36.0 Å². The highest BCUT2D eigenvalue weighted by atomic mass is 32.2. The SMILES string of the molecule is CSCc1nnc(SCC(=O)Nc2ccc(F)cc2)o1. The molecule has 0 radical (unpaired) electrons. The Labute approximate surface area is 123 Å². The molecule has 1 amide bonds. The fraction of sp³-hybridized carbons (Fsp3) is 0.250. The molecule has 0 saturated carbocycles. The summed E-state index contributed by atoms with van der Waals surface area (Å²) in [6, 6.07) is 5.58. The normalized spacial score (nSPS) is 10.5. The van der Waals surface area contributed by atoms with Crippen LogP contribution in [-0.2, 0) is 10.5 Å². The molecule has 1 aromatic carbocycles. The van der Waals surface area contributed by atoms with Crippen molar-refractivity contribution in [2.45, 2.75) is 11.0 Å². The highest BCUT2D eigenvalue weighted by Gasteiger charge is 2.09. The largest absolute Gasteiger partial charge is 0.415 e. The molecule has 0 aliphatic rings. The van der Waals surface area contributed by atoms with Crippen molar-refractivity contribution < 1.29 is 13.6 Å². The van der Waals surface area contributed by atoms with Crippen LogP contribution in [0.4, 0.5) is 10.1 Å². The predicted octanol–water partition coefficient (Wildman–Crippen LogP) is 2.80. The molecule has 0 aliphatic heterocycles. The maximum atomic E-state index is 12.7. The minimum Gasteiger partial charge on any atom is -0.415 e. The molecule has 2 rings (SSSR count). The molecule has 0 saturated heterocycles. The zero-order valence-electron chi connectivity index (χ0n) is 10.6. The molecular formula is C12H12FN3O2S2. The van der Waals surface area contributed by atoms with Crippen LogP contribution in [0.25, 0.3) is 0 Å². The average Bonchev–Trinajstić information content (AvgIpc) is 2.87. The summed E-state index contributed by atoms with van der Waals surface area (Å²) in [5.74, 6) is 0.780. The van der Waals surface area contributed by atoms with Gasteiger partial charge in [-0.2, -0.15) is 11.8 Å². The molecule has 1 heterocycles. The first-order valence-electron chi connectivity index (χ1n) is 5.67. The number of nitrogens with zero attached hydrogens (tertiary/aromatic N) is 2. The molecular weight excluding hydrogens is 301 g/mol. The topological polar surface area (TPSA) is 68.0 Å². The van der Waals surface area contributed by atoms with Crippen LogP contribution in [0, 0.1) is 5.82 Å². The zero-order chi connectivity index (χ0) is 14.4. The molecule has 0 aliphatic carbocycles. The molecule has 0 bridgehead atoms. The Bertz CT molecular complexity index is 574. The van der Waals surface area contributed by atoms with Crippen LogP contribution < -0.4 is 5.32 Å². The van der Waals surface area contributed by atoms with E-state index in [2.05, 4.69) is 15.5 Å². The Morgan fingerprint density at radius 1 is 1.35 bits per heavy atom. The van der Waals surface area contributed by atoms with Crippen LogP contribution in [0.2, 0.25) is 0 Å². The molecule has 2 aromatic rings. The first-order valence-corrected chi connectivity index (χ1v) is 8.05. The summed E-state index contributed by atoms with van der Waals surface area (Å²) in [4.78, 5) is 11.7. The lowest BCUT2D eigenvalue weighted by Crippen LogP contribution is -2.13. The molecule has 5 nitrogen and oxygen atoms in total. The molecule has 0 atom stereocenters. The van der Waals surface area contributed by atoms with E-state index in [0.717, 1.165) is 11.8 Å². The minimum atomic E-state index is -0.343. The molecule has 1 N–H and O–H groups in total. The molecule has 1 aromatic heterocycles. The average molecular weight is 313 g/mol. The summed E-state index contributed by atoms with van der Waals surface area (Å²) in [5, 5.41) is 10.7. The Kier molecular flexibility index (Phi) is 5.42. The second kappa shape index (κ2) is 7.30. The molecule has 106 valence electrons. The number of rotatable bonds is 6. The second-order valence-electron chi connectivity index (χ2n) is 3.74. The Morgan fingerprint density at radius 2 is 2.10 bits per heavy atom. The molecule has 20 heavy (non-hydrogen) atoms. The summed E-state index contributed by atoms with van der Waals surface area (Å²) < 4.78 is 18.0. The van der Waals surface area contributed by atoms with Crippen molar-refractivity contribution in [1.29, 1.82) is 0 Å². The number of nitrogens with one attached hydrogen (secondary N) is 1. The number of halogens is 1. The number of benzene rings is 1. The third-order valence-corrected chi connectivity index (χ3v) is 3.52. The Balaban J connectivity index is 1.80. The van der Waals surface area contributed by atoms with E-state index in [-0.39, 0.29) is 17.5 Å². The highest BCUT2D eigenvalue weighted by Crippen LogP contribution is 2.18. The summed E-state index contributed by atoms with van der Waals surface area (Å²) in [5.41, 5.74) is 0.547. The van der Waals surface area contributed by atoms with Crippen LogP contribution >= 0.6 is 23.5 Å². The van der Waals surface area contributed by atoms with E-state index in [1.54, 1.807) is 11.8 Å². The van der Waals surface area contributed by atoms with Gasteiger partial charge in [0.15, 0.2) is 0 Å². The Morgan fingerprint density at radius 3 is 2.80 bits per heavy atom. The summed E-state index contributed by atoms with van der Waals surface area (Å²) in [7, 11) is 0. The maximum absolute atomic E-state index is 12.7. The second-order valence-corrected chi connectivity index (χ2v) is 5.53. The van der Waals surface area contributed by atoms with Crippen molar-refractivity contribution in [2.75, 3.05) is 17.3 Å². The maximum Gasteiger partial charge on any atom is 0.277 e. The quantitative estimate of drug-likeness (QED) is 0.827. The van der Waals surface area contributed by atoms with Gasteiger partial charge >= 0.3 is 0 Å². The minimum absolute atomic E-state index is 0.151. The number of carbonyl (C=O) groups is 1. The number of anilines is 1. The van der Waals surface area contributed by atoms with E-state index in [4.69, 9.17) is 4.42 Å². The number of hydrogen-bond donors (Lipinski definition) is 1. The van der Waals surface area contributed by atoms with Crippen molar-refractivity contribution in [1.82, 2.24) is 10.2 Å². The molecule has 0 unspecified atom stereocenters. The van der Waals surface area contributed by atoms with Crippen molar-refractivity contribution in [3.8, 4) is 0 Å². The summed E-state index contributed by atoms with van der Waals surface area (Å²) in [6.07, 6.45) is 1.94. The molecule has 8 heteroatoms. The fourth-order valence-electron chi connectivity index (χ4n) is 1.34. The van der Waals surface area contributed by atoms with Gasteiger partial charge in [0.2, 0.25) is 11.8 Å². The summed E-state index contributed by atoms with van der Waals surface area (Å²) >= 11 is 2.74. The van der Waals surface area contributed by atoms with Crippen LogP contribution in [0.5, 0.6) is 0 Å². The van der Waals surface area contributed by atoms with Gasteiger partial charge in [0.1, 0.15) is 5.82 Å². The number of hydrogen-bond acceptors (Lipinski definition) is 6. The summed E-state index contributed by atoms with van der Waals surface area (Å²) in [6.45, 7) is 0. The molecule has 0 fully saturated rings. The fourth-order valence-corrected chi connectivity index (χ4v) is 2.28. The van der Waals surface area contributed by atoms with Crippen LogP contribution in [0.3, 0.4) is 0 Å². The van der Waals surface area contributed by atoms with Gasteiger partial charge in [-0.25, -0.2) is 4.39 Å². The van der Waals surface area contributed by atoms with Gasteiger partial charge in [0.25, 0.3) is 5.22 Å². The number of carbonyl (C=O) groups excluding carboxylic acids is 1. The van der Waals surface area contributed by atoms with Gasteiger partial charge in [-0.05, 0) is 30.5 Å². The smallest absolute Gasteiger partial charge is 0.277 e. The van der Waals surface area contributed by atoms with E-state index in [1.165, 1.54) is 24.3 Å². The lowest BCUT2D eigenvalue weighted by Gasteiger charge is -2.03. The van der Waals surface area contributed by atoms with Gasteiger partial charge in [-0.15, -0.1) is 10.2 Å². The van der Waals surface area contributed by atoms with Gasteiger partial charge in [0.05, 0.1) is 11.5 Å². The van der Waals surface area contributed by atoms with Gasteiger partial charge < -0.3 is 9.73 Å². The van der Waals surface area contributed by atoms with Gasteiger partial charge in [-0.1, -0.05) is 11.8 Å². The van der Waals surface area contributed by atoms with E-state index < -0.39 is 0 Å². The van der Waals surface area contributed by atoms with Crippen LogP contribution in [0.15, 0.2) is 33.9 Å². The first-order chi connectivity index (χ1) is 9.67. The monoisotopic (exact) mass is 313 g/mol. The van der Waals surface area contributed by atoms with Gasteiger partial charge in [0, 0.05) is 5.69 Å².